The number of carbonyl (C=O) groups is 2. The van der Waals surface area contributed by atoms with Gasteiger partial charge in [0.1, 0.15) is 11.6 Å². The lowest BCUT2D eigenvalue weighted by Gasteiger charge is -2.20. The molecule has 2 aromatic carbocycles. The van der Waals surface area contributed by atoms with E-state index in [1.54, 1.807) is 0 Å². The summed E-state index contributed by atoms with van der Waals surface area (Å²) in [6, 6.07) is 9.26. The van der Waals surface area contributed by atoms with Crippen LogP contribution in [-0.2, 0) is 20.6 Å². The molecule has 0 bridgehead atoms. The number of nitro groups is 1. The Bertz CT molecular complexity index is 1070. The summed E-state index contributed by atoms with van der Waals surface area (Å²) in [5.74, 6) is -3.12. The molecule has 1 saturated heterocycles. The fourth-order valence-corrected chi connectivity index (χ4v) is 3.32. The molecule has 2 amide bonds. The van der Waals surface area contributed by atoms with Gasteiger partial charge in [0.2, 0.25) is 12.0 Å². The summed E-state index contributed by atoms with van der Waals surface area (Å²) in [7, 11) is 0. The molecular formula is C18H10F3N3O5. The molecule has 0 radical (unpaired) electrons. The Morgan fingerprint density at radius 1 is 1.03 bits per heavy atom. The highest BCUT2D eigenvalue weighted by Gasteiger charge is 2.57. The van der Waals surface area contributed by atoms with Crippen LogP contribution in [0.15, 0.2) is 53.7 Å². The third-order valence-electron chi connectivity index (χ3n) is 4.64. The molecule has 0 spiro atoms. The Hall–Kier alpha value is -3.76. The number of imide groups is 1. The molecule has 2 aliphatic rings. The zero-order valence-corrected chi connectivity index (χ0v) is 14.3. The van der Waals surface area contributed by atoms with Gasteiger partial charge in [-0.1, -0.05) is 17.3 Å². The second-order valence-corrected chi connectivity index (χ2v) is 6.31. The lowest BCUT2D eigenvalue weighted by Crippen LogP contribution is -2.34. The summed E-state index contributed by atoms with van der Waals surface area (Å²) in [6.45, 7) is 0. The van der Waals surface area contributed by atoms with E-state index < -0.39 is 46.2 Å². The fraction of sp³-hybridized carbons (Fsp3) is 0.167. The molecule has 8 nitrogen and oxygen atoms in total. The molecule has 4 rings (SSSR count). The van der Waals surface area contributed by atoms with E-state index in [2.05, 4.69) is 5.16 Å². The van der Waals surface area contributed by atoms with Crippen molar-refractivity contribution in [3.8, 4) is 0 Å². The van der Waals surface area contributed by atoms with Crippen molar-refractivity contribution in [1.29, 1.82) is 0 Å². The minimum atomic E-state index is -4.77. The number of hydrogen-bond donors (Lipinski definition) is 0. The van der Waals surface area contributed by atoms with E-state index in [0.29, 0.717) is 4.90 Å². The van der Waals surface area contributed by atoms with Crippen molar-refractivity contribution >= 4 is 28.9 Å². The number of carbonyl (C=O) groups excluding carboxylic acids is 2. The van der Waals surface area contributed by atoms with E-state index in [-0.39, 0.29) is 17.0 Å². The number of benzene rings is 2. The number of amides is 2. The molecule has 0 aromatic heterocycles. The number of hydrogen-bond acceptors (Lipinski definition) is 6. The number of nitrogens with zero attached hydrogens (tertiary/aromatic N) is 3. The van der Waals surface area contributed by atoms with E-state index in [0.717, 1.165) is 18.2 Å². The Morgan fingerprint density at radius 2 is 1.69 bits per heavy atom. The van der Waals surface area contributed by atoms with Crippen LogP contribution in [0.5, 0.6) is 0 Å². The van der Waals surface area contributed by atoms with Crippen molar-refractivity contribution in [3.63, 3.8) is 0 Å². The summed E-state index contributed by atoms with van der Waals surface area (Å²) in [4.78, 5) is 41.2. The van der Waals surface area contributed by atoms with Crippen molar-refractivity contribution in [1.82, 2.24) is 0 Å². The molecule has 29 heavy (non-hydrogen) atoms. The largest absolute Gasteiger partial charge is 0.418 e. The second kappa shape index (κ2) is 6.40. The van der Waals surface area contributed by atoms with Crippen LogP contribution in [0.25, 0.3) is 0 Å². The highest BCUT2D eigenvalue weighted by Crippen LogP contribution is 2.41. The third-order valence-corrected chi connectivity index (χ3v) is 4.64. The van der Waals surface area contributed by atoms with Crippen molar-refractivity contribution in [2.24, 2.45) is 11.1 Å². The van der Waals surface area contributed by atoms with Gasteiger partial charge in [-0.05, 0) is 24.3 Å². The van der Waals surface area contributed by atoms with Gasteiger partial charge in [0.05, 0.1) is 16.2 Å². The number of oxime groups is 1. The van der Waals surface area contributed by atoms with Crippen LogP contribution < -0.4 is 4.90 Å². The van der Waals surface area contributed by atoms with Crippen LogP contribution in [0.3, 0.4) is 0 Å². The molecule has 11 heteroatoms. The first-order valence-electron chi connectivity index (χ1n) is 8.22. The molecule has 148 valence electrons. The standard InChI is InChI=1S/C18H10F3N3O5/c19-18(20,21)11-3-1-2-4-12(11)23-16(25)13-14(22-29-15(13)17(23)26)9-5-7-10(8-6-9)24(27)28/h1-8,13,15H. The zero-order chi connectivity index (χ0) is 20.9. The van der Waals surface area contributed by atoms with Gasteiger partial charge in [-0.2, -0.15) is 13.2 Å². The van der Waals surface area contributed by atoms with Gasteiger partial charge < -0.3 is 4.84 Å². The third kappa shape index (κ3) is 2.91. The number of halogens is 3. The lowest BCUT2D eigenvalue weighted by atomic mass is 9.94. The van der Waals surface area contributed by atoms with Gasteiger partial charge in [-0.25, -0.2) is 4.90 Å². The second-order valence-electron chi connectivity index (χ2n) is 6.31. The Labute approximate surface area is 160 Å². The number of nitro benzene ring substituents is 1. The van der Waals surface area contributed by atoms with Gasteiger partial charge in [0.15, 0.2) is 0 Å². The topological polar surface area (TPSA) is 102 Å². The van der Waals surface area contributed by atoms with Crippen molar-refractivity contribution in [2.45, 2.75) is 12.3 Å². The molecule has 0 N–H and O–H groups in total. The molecule has 0 aliphatic carbocycles. The number of anilines is 1. The molecule has 2 aliphatic heterocycles. The summed E-state index contributed by atoms with van der Waals surface area (Å²) < 4.78 is 40.0. The minimum absolute atomic E-state index is 0.0234. The van der Waals surface area contributed by atoms with E-state index in [4.69, 9.17) is 4.84 Å². The average Bonchev–Trinajstić information content (AvgIpc) is 3.21. The quantitative estimate of drug-likeness (QED) is 0.444. The van der Waals surface area contributed by atoms with E-state index in [9.17, 15) is 32.9 Å². The number of non-ortho nitro benzene ring substituents is 1. The summed E-state index contributed by atoms with van der Waals surface area (Å²) in [5.41, 5.74) is -1.60. The van der Waals surface area contributed by atoms with Gasteiger partial charge in [-0.15, -0.1) is 0 Å². The molecule has 0 saturated carbocycles. The maximum Gasteiger partial charge on any atom is 0.418 e. The highest BCUT2D eigenvalue weighted by molar-refractivity contribution is 6.32. The van der Waals surface area contributed by atoms with Crippen LogP contribution in [-0.4, -0.2) is 28.6 Å². The van der Waals surface area contributed by atoms with Gasteiger partial charge >= 0.3 is 6.18 Å². The monoisotopic (exact) mass is 405 g/mol. The smallest absolute Gasteiger partial charge is 0.381 e. The minimum Gasteiger partial charge on any atom is -0.381 e. The van der Waals surface area contributed by atoms with Gasteiger partial charge in [0.25, 0.3) is 11.6 Å². The van der Waals surface area contributed by atoms with Gasteiger partial charge in [0, 0.05) is 17.7 Å². The molecule has 2 aromatic rings. The maximum absolute atomic E-state index is 13.3. The fourth-order valence-electron chi connectivity index (χ4n) is 3.32. The average molecular weight is 405 g/mol. The van der Waals surface area contributed by atoms with Crippen molar-refractivity contribution in [3.05, 3.63) is 69.8 Å². The normalized spacial score (nSPS) is 21.1. The maximum atomic E-state index is 13.3. The van der Waals surface area contributed by atoms with Crippen LogP contribution in [0.1, 0.15) is 11.1 Å². The summed E-state index contributed by atoms with van der Waals surface area (Å²) in [5, 5.41) is 14.5. The van der Waals surface area contributed by atoms with Crippen LogP contribution in [0.4, 0.5) is 24.5 Å². The molecular weight excluding hydrogens is 395 g/mol. The number of rotatable bonds is 3. The SMILES string of the molecule is O=C1C2ON=C(c3ccc([N+](=O)[O-])cc3)C2C(=O)N1c1ccccc1C(F)(F)F. The lowest BCUT2D eigenvalue weighted by molar-refractivity contribution is -0.384. The van der Waals surface area contributed by atoms with Crippen molar-refractivity contribution < 1.29 is 32.5 Å². The molecule has 2 unspecified atom stereocenters. The Balaban J connectivity index is 1.71. The molecule has 2 atom stereocenters. The van der Waals surface area contributed by atoms with Gasteiger partial charge in [-0.3, -0.25) is 19.7 Å². The van der Waals surface area contributed by atoms with E-state index in [1.165, 1.54) is 30.3 Å². The van der Waals surface area contributed by atoms with Crippen molar-refractivity contribution in [2.75, 3.05) is 4.90 Å². The zero-order valence-electron chi connectivity index (χ0n) is 14.3. The number of alkyl halides is 3. The number of para-hydroxylation sites is 1. The Morgan fingerprint density at radius 3 is 2.31 bits per heavy atom. The molecule has 1 fully saturated rings. The van der Waals surface area contributed by atoms with E-state index in [1.807, 2.05) is 0 Å². The summed E-state index contributed by atoms with van der Waals surface area (Å²) >= 11 is 0. The molecule has 2 heterocycles. The van der Waals surface area contributed by atoms with Crippen LogP contribution in [0.2, 0.25) is 0 Å². The summed E-state index contributed by atoms with van der Waals surface area (Å²) in [6.07, 6.45) is -6.17. The first kappa shape index (κ1) is 18.6. The van der Waals surface area contributed by atoms with E-state index >= 15 is 0 Å². The Kier molecular flexibility index (Phi) is 4.10. The number of fused-ring (bicyclic) bond motifs is 1. The predicted molar refractivity (Wildman–Crippen MR) is 91.9 cm³/mol. The highest BCUT2D eigenvalue weighted by atomic mass is 19.4. The van der Waals surface area contributed by atoms with Crippen LogP contribution in [0, 0.1) is 16.0 Å². The first-order valence-corrected chi connectivity index (χ1v) is 8.22. The van der Waals surface area contributed by atoms with Crippen LogP contribution >= 0.6 is 0 Å². The predicted octanol–water partition coefficient (Wildman–Crippen LogP) is 2.91. The first-order chi connectivity index (χ1) is 13.7.